The van der Waals surface area contributed by atoms with Crippen molar-refractivity contribution in [1.82, 2.24) is 4.98 Å². The Labute approximate surface area is 129 Å². The van der Waals surface area contributed by atoms with E-state index >= 15 is 0 Å². The molecule has 7 nitrogen and oxygen atoms in total. The van der Waals surface area contributed by atoms with Crippen molar-refractivity contribution in [3.8, 4) is 0 Å². The zero-order valence-corrected chi connectivity index (χ0v) is 13.2. The van der Waals surface area contributed by atoms with Crippen LogP contribution in [0.1, 0.15) is 5.56 Å². The highest BCUT2D eigenvalue weighted by Crippen LogP contribution is 2.27. The molecular formula is C12H10BrN3O4S. The Kier molecular flexibility index (Phi) is 4.24. The molecule has 110 valence electrons. The van der Waals surface area contributed by atoms with Crippen molar-refractivity contribution >= 4 is 37.3 Å². The van der Waals surface area contributed by atoms with Gasteiger partial charge in [-0.1, -0.05) is 6.07 Å². The predicted octanol–water partition coefficient (Wildman–Crippen LogP) is 2.86. The SMILES string of the molecule is Cc1ccc([N+](=O)[O-])cc1S(=O)(=O)Nc1ccncc1Br. The number of nitro benzene ring substituents is 1. The van der Waals surface area contributed by atoms with Crippen molar-refractivity contribution in [2.45, 2.75) is 11.8 Å². The number of halogens is 1. The number of aromatic nitrogens is 1. The first-order chi connectivity index (χ1) is 9.81. The van der Waals surface area contributed by atoms with Crippen molar-refractivity contribution in [1.29, 1.82) is 0 Å². The molecule has 1 aromatic carbocycles. The number of nitro groups is 1. The molecule has 1 aromatic heterocycles. The lowest BCUT2D eigenvalue weighted by Crippen LogP contribution is -2.15. The zero-order valence-electron chi connectivity index (χ0n) is 10.8. The number of non-ortho nitro benzene ring substituents is 1. The summed E-state index contributed by atoms with van der Waals surface area (Å²) >= 11 is 3.18. The second kappa shape index (κ2) is 5.78. The van der Waals surface area contributed by atoms with Crippen LogP contribution < -0.4 is 4.72 Å². The van der Waals surface area contributed by atoms with Gasteiger partial charge in [-0.05, 0) is 34.5 Å². The third kappa shape index (κ3) is 3.37. The van der Waals surface area contributed by atoms with Gasteiger partial charge in [-0.2, -0.15) is 0 Å². The molecule has 0 unspecified atom stereocenters. The summed E-state index contributed by atoms with van der Waals surface area (Å²) in [6.45, 7) is 1.57. The summed E-state index contributed by atoms with van der Waals surface area (Å²) in [6.07, 6.45) is 2.88. The van der Waals surface area contributed by atoms with E-state index in [0.29, 0.717) is 15.7 Å². The van der Waals surface area contributed by atoms with E-state index < -0.39 is 14.9 Å². The minimum absolute atomic E-state index is 0.139. The topological polar surface area (TPSA) is 102 Å². The minimum atomic E-state index is -3.93. The number of rotatable bonds is 4. The van der Waals surface area contributed by atoms with Crippen LogP contribution in [-0.2, 0) is 10.0 Å². The predicted molar refractivity (Wildman–Crippen MR) is 80.6 cm³/mol. The standard InChI is InChI=1S/C12H10BrN3O4S/c1-8-2-3-9(16(17)18)6-12(8)21(19,20)15-11-4-5-14-7-10(11)13/h2-7H,1H3,(H,14,15). The number of nitrogens with zero attached hydrogens (tertiary/aromatic N) is 2. The first kappa shape index (κ1) is 15.4. The van der Waals surface area contributed by atoms with Gasteiger partial charge in [0.05, 0.1) is 20.0 Å². The molecule has 0 saturated heterocycles. The van der Waals surface area contributed by atoms with Crippen molar-refractivity contribution in [2.24, 2.45) is 0 Å². The number of nitrogens with one attached hydrogen (secondary N) is 1. The number of hydrogen-bond donors (Lipinski definition) is 1. The number of sulfonamides is 1. The monoisotopic (exact) mass is 371 g/mol. The minimum Gasteiger partial charge on any atom is -0.278 e. The maximum atomic E-state index is 12.4. The van der Waals surface area contributed by atoms with Gasteiger partial charge in [0.25, 0.3) is 15.7 Å². The van der Waals surface area contributed by atoms with Crippen LogP contribution in [0.3, 0.4) is 0 Å². The van der Waals surface area contributed by atoms with E-state index in [1.165, 1.54) is 30.6 Å². The average Bonchev–Trinajstić information content (AvgIpc) is 2.41. The summed E-state index contributed by atoms with van der Waals surface area (Å²) in [7, 11) is -3.93. The third-order valence-electron chi connectivity index (χ3n) is 2.69. The lowest BCUT2D eigenvalue weighted by atomic mass is 10.2. The van der Waals surface area contributed by atoms with Crippen LogP contribution in [-0.4, -0.2) is 18.3 Å². The van der Waals surface area contributed by atoms with Gasteiger partial charge >= 0.3 is 0 Å². The number of aryl methyl sites for hydroxylation is 1. The summed E-state index contributed by atoms with van der Waals surface area (Å²) in [6, 6.07) is 5.17. The molecule has 0 bridgehead atoms. The Morgan fingerprint density at radius 3 is 2.67 bits per heavy atom. The fourth-order valence-corrected chi connectivity index (χ4v) is 3.48. The molecule has 0 aliphatic heterocycles. The quantitative estimate of drug-likeness (QED) is 0.657. The van der Waals surface area contributed by atoms with E-state index in [-0.39, 0.29) is 10.6 Å². The van der Waals surface area contributed by atoms with Gasteiger partial charge in [-0.15, -0.1) is 0 Å². The Hall–Kier alpha value is -2.00. The average molecular weight is 372 g/mol. The summed E-state index contributed by atoms with van der Waals surface area (Å²) in [5.74, 6) is 0. The van der Waals surface area contributed by atoms with E-state index in [0.717, 1.165) is 6.07 Å². The number of pyridine rings is 1. The largest absolute Gasteiger partial charge is 0.278 e. The summed E-state index contributed by atoms with van der Waals surface area (Å²) in [4.78, 5) is 13.8. The maximum absolute atomic E-state index is 12.4. The summed E-state index contributed by atoms with van der Waals surface area (Å²) in [5, 5.41) is 10.8. The van der Waals surface area contributed by atoms with Crippen molar-refractivity contribution < 1.29 is 13.3 Å². The second-order valence-corrected chi connectivity index (χ2v) is 6.67. The van der Waals surface area contributed by atoms with Gasteiger partial charge < -0.3 is 0 Å². The fraction of sp³-hybridized carbons (Fsp3) is 0.0833. The van der Waals surface area contributed by atoms with Crippen LogP contribution in [0.5, 0.6) is 0 Å². The van der Waals surface area contributed by atoms with Crippen LogP contribution in [0.15, 0.2) is 46.0 Å². The molecule has 1 N–H and O–H groups in total. The van der Waals surface area contributed by atoms with E-state index in [2.05, 4.69) is 25.6 Å². The lowest BCUT2D eigenvalue weighted by Gasteiger charge is -2.11. The molecule has 0 amide bonds. The molecule has 0 radical (unpaired) electrons. The van der Waals surface area contributed by atoms with Crippen LogP contribution in [0.4, 0.5) is 11.4 Å². The van der Waals surface area contributed by atoms with Gasteiger partial charge in [0.2, 0.25) is 0 Å². The van der Waals surface area contributed by atoms with Crippen molar-refractivity contribution in [2.75, 3.05) is 4.72 Å². The van der Waals surface area contributed by atoms with Gasteiger partial charge in [0.1, 0.15) is 0 Å². The number of anilines is 1. The molecule has 1 heterocycles. The normalized spacial score (nSPS) is 11.1. The van der Waals surface area contributed by atoms with Crippen molar-refractivity contribution in [3.63, 3.8) is 0 Å². The Bertz CT molecular complexity index is 808. The van der Waals surface area contributed by atoms with E-state index in [1.54, 1.807) is 6.92 Å². The third-order valence-corrected chi connectivity index (χ3v) is 4.83. The molecular weight excluding hydrogens is 362 g/mol. The molecule has 0 atom stereocenters. The van der Waals surface area contributed by atoms with E-state index in [1.807, 2.05) is 0 Å². The van der Waals surface area contributed by atoms with Crippen molar-refractivity contribution in [3.05, 3.63) is 56.8 Å². The van der Waals surface area contributed by atoms with Crippen LogP contribution in [0, 0.1) is 17.0 Å². The number of hydrogen-bond acceptors (Lipinski definition) is 5. The highest BCUT2D eigenvalue weighted by Gasteiger charge is 2.21. The van der Waals surface area contributed by atoms with Crippen LogP contribution in [0.25, 0.3) is 0 Å². The van der Waals surface area contributed by atoms with Crippen LogP contribution >= 0.6 is 15.9 Å². The molecule has 2 aromatic rings. The van der Waals surface area contributed by atoms with Gasteiger partial charge in [0, 0.05) is 24.5 Å². The van der Waals surface area contributed by atoms with Gasteiger partial charge in [-0.25, -0.2) is 8.42 Å². The van der Waals surface area contributed by atoms with Gasteiger partial charge in [-0.3, -0.25) is 19.8 Å². The van der Waals surface area contributed by atoms with E-state index in [4.69, 9.17) is 0 Å². The maximum Gasteiger partial charge on any atom is 0.270 e. The van der Waals surface area contributed by atoms with Crippen LogP contribution in [0.2, 0.25) is 0 Å². The van der Waals surface area contributed by atoms with E-state index in [9.17, 15) is 18.5 Å². The number of benzene rings is 1. The summed E-state index contributed by atoms with van der Waals surface area (Å²) < 4.78 is 27.6. The highest BCUT2D eigenvalue weighted by atomic mass is 79.9. The molecule has 0 spiro atoms. The Balaban J connectivity index is 2.47. The summed E-state index contributed by atoms with van der Waals surface area (Å²) in [5.41, 5.74) is 0.434. The molecule has 9 heteroatoms. The fourth-order valence-electron chi connectivity index (χ4n) is 1.65. The Morgan fingerprint density at radius 2 is 2.05 bits per heavy atom. The zero-order chi connectivity index (χ0) is 15.6. The molecule has 0 aliphatic carbocycles. The first-order valence-corrected chi connectivity index (χ1v) is 7.96. The molecule has 0 saturated carbocycles. The molecule has 21 heavy (non-hydrogen) atoms. The molecule has 0 fully saturated rings. The lowest BCUT2D eigenvalue weighted by molar-refractivity contribution is -0.385. The second-order valence-electron chi connectivity index (χ2n) is 4.17. The first-order valence-electron chi connectivity index (χ1n) is 5.68. The Morgan fingerprint density at radius 1 is 1.33 bits per heavy atom. The highest BCUT2D eigenvalue weighted by molar-refractivity contribution is 9.10. The molecule has 0 aliphatic rings. The molecule has 2 rings (SSSR count). The van der Waals surface area contributed by atoms with Gasteiger partial charge in [0.15, 0.2) is 0 Å². The smallest absolute Gasteiger partial charge is 0.270 e.